The van der Waals surface area contributed by atoms with E-state index in [1.165, 1.54) is 19.1 Å². The van der Waals surface area contributed by atoms with Gasteiger partial charge in [-0.3, -0.25) is 4.79 Å². The topological polar surface area (TPSA) is 57.5 Å². The van der Waals surface area contributed by atoms with E-state index >= 15 is 0 Å². The molecule has 0 saturated carbocycles. The Kier molecular flexibility index (Phi) is 3.00. The first kappa shape index (κ1) is 11.5. The second-order valence-electron chi connectivity index (χ2n) is 4.11. The van der Waals surface area contributed by atoms with Crippen molar-refractivity contribution in [1.82, 2.24) is 0 Å². The highest BCUT2D eigenvalue weighted by Gasteiger charge is 2.21. The minimum absolute atomic E-state index is 0.0254. The Morgan fingerprint density at radius 2 is 2.06 bits per heavy atom. The molecule has 0 aromatic heterocycles. The summed E-state index contributed by atoms with van der Waals surface area (Å²) in [6, 6.07) is 2.90. The number of rotatable bonds is 2. The minimum Gasteiger partial charge on any atom is -0.508 e. The van der Waals surface area contributed by atoms with Gasteiger partial charge in [-0.2, -0.15) is 0 Å². The molecule has 0 aliphatic heterocycles. The van der Waals surface area contributed by atoms with Crippen LogP contribution in [0.2, 0.25) is 0 Å². The number of phenolic OH excluding ortho intramolecular Hbond substituents is 2. The number of allylic oxidation sites excluding steroid dienone is 4. The predicted octanol–water partition coefficient (Wildman–Crippen LogP) is 2.90. The first-order valence-electron chi connectivity index (χ1n) is 5.50. The molecule has 0 spiro atoms. The maximum Gasteiger partial charge on any atom is 0.163 e. The summed E-state index contributed by atoms with van der Waals surface area (Å²) < 4.78 is 0. The van der Waals surface area contributed by atoms with Crippen LogP contribution in [0.4, 0.5) is 0 Å². The smallest absolute Gasteiger partial charge is 0.163 e. The molecular weight excluding hydrogens is 216 g/mol. The molecule has 1 unspecified atom stereocenters. The molecule has 0 amide bonds. The van der Waals surface area contributed by atoms with Crippen LogP contribution in [-0.2, 0) is 0 Å². The summed E-state index contributed by atoms with van der Waals surface area (Å²) in [7, 11) is 0. The molecule has 1 aliphatic rings. The maximum atomic E-state index is 11.3. The summed E-state index contributed by atoms with van der Waals surface area (Å²) in [6.07, 6.45) is 8.36. The molecule has 1 atom stereocenters. The van der Waals surface area contributed by atoms with Crippen LogP contribution in [0.15, 0.2) is 36.4 Å². The van der Waals surface area contributed by atoms with Crippen molar-refractivity contribution >= 4 is 5.78 Å². The molecular formula is C14H14O3. The van der Waals surface area contributed by atoms with Gasteiger partial charge in [-0.1, -0.05) is 24.3 Å². The van der Waals surface area contributed by atoms with E-state index in [1.807, 2.05) is 24.3 Å². The molecule has 88 valence electrons. The molecule has 0 saturated heterocycles. The lowest BCUT2D eigenvalue weighted by Gasteiger charge is -2.17. The minimum atomic E-state index is -0.209. The summed E-state index contributed by atoms with van der Waals surface area (Å²) in [5.74, 6) is -0.377. The Morgan fingerprint density at radius 1 is 1.29 bits per heavy atom. The fourth-order valence-electron chi connectivity index (χ4n) is 2.04. The largest absolute Gasteiger partial charge is 0.508 e. The zero-order chi connectivity index (χ0) is 12.4. The van der Waals surface area contributed by atoms with E-state index in [0.29, 0.717) is 12.0 Å². The Labute approximate surface area is 99.7 Å². The SMILES string of the molecule is CC(=O)c1ccc(O)c(C2C=CC=CC2)c1O. The first-order chi connectivity index (χ1) is 8.11. The molecule has 3 nitrogen and oxygen atoms in total. The molecule has 0 fully saturated rings. The Bertz CT molecular complexity index is 512. The third kappa shape index (κ3) is 2.09. The lowest BCUT2D eigenvalue weighted by molar-refractivity contribution is 0.101. The van der Waals surface area contributed by atoms with E-state index in [0.717, 1.165) is 0 Å². The average molecular weight is 230 g/mol. The van der Waals surface area contributed by atoms with Gasteiger partial charge >= 0.3 is 0 Å². The van der Waals surface area contributed by atoms with E-state index in [2.05, 4.69) is 0 Å². The Morgan fingerprint density at radius 3 is 2.65 bits per heavy atom. The molecule has 2 N–H and O–H groups in total. The van der Waals surface area contributed by atoms with Gasteiger partial charge in [0.05, 0.1) is 5.56 Å². The molecule has 1 aromatic rings. The number of hydrogen-bond acceptors (Lipinski definition) is 3. The van der Waals surface area contributed by atoms with Gasteiger partial charge in [0.25, 0.3) is 0 Å². The number of benzene rings is 1. The summed E-state index contributed by atoms with van der Waals surface area (Å²) in [5, 5.41) is 19.9. The van der Waals surface area contributed by atoms with Crippen LogP contribution in [0.1, 0.15) is 35.2 Å². The quantitative estimate of drug-likeness (QED) is 0.768. The van der Waals surface area contributed by atoms with Crippen LogP contribution in [0.3, 0.4) is 0 Å². The van der Waals surface area contributed by atoms with Crippen molar-refractivity contribution in [2.45, 2.75) is 19.3 Å². The third-order valence-corrected chi connectivity index (χ3v) is 2.92. The number of ketones is 1. The first-order valence-corrected chi connectivity index (χ1v) is 5.50. The second kappa shape index (κ2) is 4.45. The van der Waals surface area contributed by atoms with E-state index < -0.39 is 0 Å². The van der Waals surface area contributed by atoms with Gasteiger partial charge in [-0.05, 0) is 25.5 Å². The standard InChI is InChI=1S/C14H14O3/c1-9(15)11-7-8-12(16)13(14(11)17)10-5-3-2-4-6-10/h2-5,7-8,10,16-17H,6H2,1H3. The van der Waals surface area contributed by atoms with E-state index in [4.69, 9.17) is 0 Å². The summed E-state index contributed by atoms with van der Waals surface area (Å²) >= 11 is 0. The predicted molar refractivity (Wildman–Crippen MR) is 65.4 cm³/mol. The lowest BCUT2D eigenvalue weighted by Crippen LogP contribution is -2.01. The zero-order valence-corrected chi connectivity index (χ0v) is 9.55. The van der Waals surface area contributed by atoms with Crippen molar-refractivity contribution in [2.24, 2.45) is 0 Å². The summed E-state index contributed by atoms with van der Waals surface area (Å²) in [4.78, 5) is 11.3. The number of aromatic hydroxyl groups is 2. The van der Waals surface area contributed by atoms with Crippen molar-refractivity contribution in [3.63, 3.8) is 0 Å². The van der Waals surface area contributed by atoms with E-state index in [-0.39, 0.29) is 28.8 Å². The van der Waals surface area contributed by atoms with Gasteiger partial charge in [0.15, 0.2) is 5.78 Å². The summed E-state index contributed by atoms with van der Waals surface area (Å²) in [6.45, 7) is 1.40. The Balaban J connectivity index is 2.52. The van der Waals surface area contributed by atoms with Gasteiger partial charge in [0.2, 0.25) is 0 Å². The number of hydrogen-bond donors (Lipinski definition) is 2. The highest BCUT2D eigenvalue weighted by Crippen LogP contribution is 2.39. The highest BCUT2D eigenvalue weighted by molar-refractivity contribution is 5.97. The van der Waals surface area contributed by atoms with E-state index in [1.54, 1.807) is 0 Å². The lowest BCUT2D eigenvalue weighted by atomic mass is 9.89. The van der Waals surface area contributed by atoms with Gasteiger partial charge in [-0.15, -0.1) is 0 Å². The maximum absolute atomic E-state index is 11.3. The second-order valence-corrected chi connectivity index (χ2v) is 4.11. The number of Topliss-reactive ketones (excluding diaryl/α,β-unsaturated/α-hetero) is 1. The van der Waals surface area contributed by atoms with Crippen molar-refractivity contribution in [1.29, 1.82) is 0 Å². The molecule has 0 bridgehead atoms. The van der Waals surface area contributed by atoms with Crippen molar-refractivity contribution in [3.05, 3.63) is 47.6 Å². The normalized spacial score (nSPS) is 18.3. The monoisotopic (exact) mass is 230 g/mol. The third-order valence-electron chi connectivity index (χ3n) is 2.92. The van der Waals surface area contributed by atoms with Crippen LogP contribution in [0.5, 0.6) is 11.5 Å². The van der Waals surface area contributed by atoms with Crippen LogP contribution in [0.25, 0.3) is 0 Å². The van der Waals surface area contributed by atoms with E-state index in [9.17, 15) is 15.0 Å². The number of carbonyl (C=O) groups excluding carboxylic acids is 1. The molecule has 0 heterocycles. The number of carbonyl (C=O) groups is 1. The highest BCUT2D eigenvalue weighted by atomic mass is 16.3. The molecule has 0 radical (unpaired) electrons. The van der Waals surface area contributed by atoms with Crippen molar-refractivity contribution in [2.75, 3.05) is 0 Å². The molecule has 2 rings (SSSR count). The number of phenols is 2. The van der Waals surface area contributed by atoms with Gasteiger partial charge in [-0.25, -0.2) is 0 Å². The van der Waals surface area contributed by atoms with Gasteiger partial charge in [0.1, 0.15) is 11.5 Å². The molecule has 1 aromatic carbocycles. The van der Waals surface area contributed by atoms with Crippen LogP contribution in [0, 0.1) is 0 Å². The molecule has 17 heavy (non-hydrogen) atoms. The van der Waals surface area contributed by atoms with Crippen molar-refractivity contribution < 1.29 is 15.0 Å². The summed E-state index contributed by atoms with van der Waals surface area (Å²) in [5.41, 5.74) is 0.680. The van der Waals surface area contributed by atoms with Gasteiger partial charge < -0.3 is 10.2 Å². The molecule has 1 aliphatic carbocycles. The fourth-order valence-corrected chi connectivity index (χ4v) is 2.04. The zero-order valence-electron chi connectivity index (χ0n) is 9.55. The average Bonchev–Trinajstić information content (AvgIpc) is 2.30. The van der Waals surface area contributed by atoms with Crippen molar-refractivity contribution in [3.8, 4) is 11.5 Å². The molecule has 3 heteroatoms. The van der Waals surface area contributed by atoms with Crippen LogP contribution >= 0.6 is 0 Å². The van der Waals surface area contributed by atoms with Crippen LogP contribution in [-0.4, -0.2) is 16.0 Å². The Hall–Kier alpha value is -2.03. The van der Waals surface area contributed by atoms with Gasteiger partial charge in [0, 0.05) is 11.5 Å². The fraction of sp³-hybridized carbons (Fsp3) is 0.214. The van der Waals surface area contributed by atoms with Crippen LogP contribution < -0.4 is 0 Å².